The van der Waals surface area contributed by atoms with Crippen LogP contribution >= 0.6 is 12.6 Å². The van der Waals surface area contributed by atoms with E-state index in [9.17, 15) is 0 Å². The van der Waals surface area contributed by atoms with Crippen molar-refractivity contribution in [2.24, 2.45) is 0 Å². The molecular formula is C25H20S. The molecule has 0 aromatic heterocycles. The molecule has 0 radical (unpaired) electrons. The van der Waals surface area contributed by atoms with Crippen LogP contribution in [-0.2, 0) is 5.41 Å². The molecule has 0 bridgehead atoms. The van der Waals surface area contributed by atoms with Gasteiger partial charge in [-0.2, -0.15) is 0 Å². The van der Waals surface area contributed by atoms with Gasteiger partial charge in [-0.05, 0) is 58.4 Å². The second-order valence-electron chi connectivity index (χ2n) is 7.03. The van der Waals surface area contributed by atoms with Crippen molar-refractivity contribution in [3.63, 3.8) is 0 Å². The standard InChI is InChI=1S/C25H20S/c26-20-15-16-22-21-13-7-8-14-23(21)25(24(22)17-20,18-9-3-1-4-10-18)19-11-5-2-6-12-19/h1,3-5,7-17,26H,2,6H2. The number of thiol groups is 1. The van der Waals surface area contributed by atoms with Crippen molar-refractivity contribution >= 4 is 12.6 Å². The van der Waals surface area contributed by atoms with Gasteiger partial charge in [0, 0.05) is 4.90 Å². The normalized spacial score (nSPS) is 20.4. The van der Waals surface area contributed by atoms with Gasteiger partial charge in [-0.1, -0.05) is 78.9 Å². The number of hydrogen-bond acceptors (Lipinski definition) is 1. The van der Waals surface area contributed by atoms with E-state index in [-0.39, 0.29) is 5.41 Å². The number of benzene rings is 3. The summed E-state index contributed by atoms with van der Waals surface area (Å²) in [5.41, 5.74) is 7.81. The van der Waals surface area contributed by atoms with Gasteiger partial charge in [-0.15, -0.1) is 12.6 Å². The molecule has 3 aromatic carbocycles. The van der Waals surface area contributed by atoms with Crippen LogP contribution in [-0.4, -0.2) is 0 Å². The summed E-state index contributed by atoms with van der Waals surface area (Å²) in [6.07, 6.45) is 9.27. The van der Waals surface area contributed by atoms with Crippen LogP contribution in [0.25, 0.3) is 11.1 Å². The first-order valence-electron chi connectivity index (χ1n) is 9.18. The Morgan fingerprint density at radius 2 is 1.50 bits per heavy atom. The molecule has 2 aliphatic carbocycles. The summed E-state index contributed by atoms with van der Waals surface area (Å²) in [5, 5.41) is 0. The largest absolute Gasteiger partial charge is 0.143 e. The lowest BCUT2D eigenvalue weighted by Gasteiger charge is -2.35. The summed E-state index contributed by atoms with van der Waals surface area (Å²) in [5.74, 6) is 0. The van der Waals surface area contributed by atoms with Gasteiger partial charge >= 0.3 is 0 Å². The maximum atomic E-state index is 4.68. The maximum Gasteiger partial charge on any atom is 0.0710 e. The molecule has 3 aromatic rings. The zero-order valence-electron chi connectivity index (χ0n) is 14.5. The van der Waals surface area contributed by atoms with Crippen molar-refractivity contribution in [2.45, 2.75) is 23.2 Å². The predicted molar refractivity (Wildman–Crippen MR) is 112 cm³/mol. The molecule has 1 atom stereocenters. The summed E-state index contributed by atoms with van der Waals surface area (Å²) < 4.78 is 0. The fourth-order valence-electron chi connectivity index (χ4n) is 4.64. The monoisotopic (exact) mass is 352 g/mol. The lowest BCUT2D eigenvalue weighted by Crippen LogP contribution is -2.29. The molecule has 0 spiro atoms. The van der Waals surface area contributed by atoms with E-state index in [1.165, 1.54) is 33.4 Å². The molecule has 2 aliphatic rings. The zero-order chi connectivity index (χ0) is 17.6. The average Bonchev–Trinajstić information content (AvgIpc) is 3.00. The van der Waals surface area contributed by atoms with Crippen molar-refractivity contribution < 1.29 is 0 Å². The topological polar surface area (TPSA) is 0 Å². The second-order valence-corrected chi connectivity index (χ2v) is 7.55. The van der Waals surface area contributed by atoms with Gasteiger partial charge in [-0.3, -0.25) is 0 Å². The summed E-state index contributed by atoms with van der Waals surface area (Å²) in [6, 6.07) is 26.4. The van der Waals surface area contributed by atoms with Crippen LogP contribution in [0.2, 0.25) is 0 Å². The second kappa shape index (κ2) is 6.03. The van der Waals surface area contributed by atoms with Gasteiger partial charge in [0.05, 0.1) is 5.41 Å². The summed E-state index contributed by atoms with van der Waals surface area (Å²) in [7, 11) is 0. The van der Waals surface area contributed by atoms with Crippen LogP contribution in [0.4, 0.5) is 0 Å². The van der Waals surface area contributed by atoms with Gasteiger partial charge in [0.2, 0.25) is 0 Å². The molecule has 0 saturated carbocycles. The van der Waals surface area contributed by atoms with Crippen molar-refractivity contribution in [3.05, 3.63) is 113 Å². The molecule has 5 rings (SSSR count). The maximum absolute atomic E-state index is 4.68. The molecule has 0 saturated heterocycles. The highest BCUT2D eigenvalue weighted by atomic mass is 32.1. The highest BCUT2D eigenvalue weighted by molar-refractivity contribution is 7.80. The quantitative estimate of drug-likeness (QED) is 0.496. The Kier molecular flexibility index (Phi) is 3.65. The minimum atomic E-state index is -0.261. The highest BCUT2D eigenvalue weighted by Gasteiger charge is 2.46. The Balaban J connectivity index is 1.95. The van der Waals surface area contributed by atoms with Crippen LogP contribution in [0.3, 0.4) is 0 Å². The van der Waals surface area contributed by atoms with Gasteiger partial charge in [-0.25, -0.2) is 0 Å². The smallest absolute Gasteiger partial charge is 0.0710 e. The predicted octanol–water partition coefficient (Wildman–Crippen LogP) is 6.57. The summed E-state index contributed by atoms with van der Waals surface area (Å²) in [6.45, 7) is 0. The molecule has 0 N–H and O–H groups in total. The Bertz CT molecular complexity index is 1040. The van der Waals surface area contributed by atoms with E-state index in [0.29, 0.717) is 0 Å². The minimum absolute atomic E-state index is 0.261. The third-order valence-corrected chi connectivity index (χ3v) is 5.94. The van der Waals surface area contributed by atoms with Gasteiger partial charge in [0.25, 0.3) is 0 Å². The Morgan fingerprint density at radius 3 is 2.31 bits per heavy atom. The third-order valence-electron chi connectivity index (χ3n) is 5.66. The van der Waals surface area contributed by atoms with E-state index in [1.54, 1.807) is 0 Å². The van der Waals surface area contributed by atoms with E-state index in [0.717, 1.165) is 17.7 Å². The van der Waals surface area contributed by atoms with Gasteiger partial charge in [0.15, 0.2) is 0 Å². The first kappa shape index (κ1) is 15.7. The zero-order valence-corrected chi connectivity index (χ0v) is 15.4. The molecule has 1 unspecified atom stereocenters. The van der Waals surface area contributed by atoms with Crippen LogP contribution in [0.15, 0.2) is 101 Å². The van der Waals surface area contributed by atoms with Crippen LogP contribution < -0.4 is 0 Å². The lowest BCUT2D eigenvalue weighted by atomic mass is 9.66. The van der Waals surface area contributed by atoms with Crippen molar-refractivity contribution in [1.82, 2.24) is 0 Å². The van der Waals surface area contributed by atoms with E-state index in [4.69, 9.17) is 0 Å². The Labute approximate surface area is 160 Å². The molecule has 0 aliphatic heterocycles. The molecule has 0 amide bonds. The van der Waals surface area contributed by atoms with Gasteiger partial charge in [0.1, 0.15) is 0 Å². The highest BCUT2D eigenvalue weighted by Crippen LogP contribution is 2.57. The van der Waals surface area contributed by atoms with E-state index < -0.39 is 0 Å². The fraction of sp³-hybridized carbons (Fsp3) is 0.120. The SMILES string of the molecule is Sc1ccc2c(c1)C(C1=CCCC=C1)(c1ccccc1)c1ccccc1-2. The first-order valence-corrected chi connectivity index (χ1v) is 9.62. The molecule has 1 heteroatoms. The molecule has 0 heterocycles. The summed E-state index contributed by atoms with van der Waals surface area (Å²) in [4.78, 5) is 1.01. The minimum Gasteiger partial charge on any atom is -0.143 e. The number of hydrogen-bond donors (Lipinski definition) is 1. The van der Waals surface area contributed by atoms with E-state index >= 15 is 0 Å². The van der Waals surface area contributed by atoms with Crippen molar-refractivity contribution in [2.75, 3.05) is 0 Å². The van der Waals surface area contributed by atoms with Crippen molar-refractivity contribution in [3.8, 4) is 11.1 Å². The lowest BCUT2D eigenvalue weighted by molar-refractivity contribution is 0.749. The fourth-order valence-corrected chi connectivity index (χ4v) is 4.84. The molecule has 0 nitrogen and oxygen atoms in total. The first-order chi connectivity index (χ1) is 12.8. The van der Waals surface area contributed by atoms with Crippen molar-refractivity contribution in [1.29, 1.82) is 0 Å². The van der Waals surface area contributed by atoms with E-state index in [2.05, 4.69) is 104 Å². The van der Waals surface area contributed by atoms with Crippen LogP contribution in [0.1, 0.15) is 29.5 Å². The number of fused-ring (bicyclic) bond motifs is 3. The number of allylic oxidation sites excluding steroid dienone is 4. The third kappa shape index (κ3) is 2.10. The Morgan fingerprint density at radius 1 is 0.731 bits per heavy atom. The molecule has 126 valence electrons. The molecule has 0 fully saturated rings. The van der Waals surface area contributed by atoms with Gasteiger partial charge < -0.3 is 0 Å². The average molecular weight is 353 g/mol. The Hall–Kier alpha value is -2.51. The van der Waals surface area contributed by atoms with E-state index in [1.807, 2.05) is 0 Å². The van der Waals surface area contributed by atoms with Crippen LogP contribution in [0.5, 0.6) is 0 Å². The molecule has 26 heavy (non-hydrogen) atoms. The van der Waals surface area contributed by atoms with Crippen LogP contribution in [0, 0.1) is 0 Å². The molecular weight excluding hydrogens is 332 g/mol. The summed E-state index contributed by atoms with van der Waals surface area (Å²) >= 11 is 4.68. The number of rotatable bonds is 2.